The van der Waals surface area contributed by atoms with Crippen LogP contribution < -0.4 is 10.1 Å². The molecule has 1 aromatic heterocycles. The van der Waals surface area contributed by atoms with Crippen molar-refractivity contribution in [1.29, 1.82) is 0 Å². The molecule has 0 radical (unpaired) electrons. The summed E-state index contributed by atoms with van der Waals surface area (Å²) in [7, 11) is 0. The minimum absolute atomic E-state index is 0.0384. The highest BCUT2D eigenvalue weighted by Crippen LogP contribution is 2.17. The van der Waals surface area contributed by atoms with Crippen molar-refractivity contribution in [2.75, 3.05) is 13.2 Å². The quantitative estimate of drug-likeness (QED) is 0.642. The van der Waals surface area contributed by atoms with E-state index >= 15 is 0 Å². The third kappa shape index (κ3) is 3.95. The van der Waals surface area contributed by atoms with Crippen LogP contribution in [0.25, 0.3) is 10.9 Å². The van der Waals surface area contributed by atoms with Crippen LogP contribution in [0.3, 0.4) is 0 Å². The zero-order chi connectivity index (χ0) is 17.8. The first-order valence-corrected chi connectivity index (χ1v) is 7.65. The summed E-state index contributed by atoms with van der Waals surface area (Å²) in [5.74, 6) is -2.22. The monoisotopic (exact) mass is 346 g/mol. The molecular formula is C18H16F2N2O3. The summed E-state index contributed by atoms with van der Waals surface area (Å²) in [6.07, 6.45) is 0.744. The summed E-state index contributed by atoms with van der Waals surface area (Å²) < 4.78 is 31.1. The summed E-state index contributed by atoms with van der Waals surface area (Å²) in [4.78, 5) is 15.3. The number of H-pyrrole nitrogens is 1. The van der Waals surface area contributed by atoms with Crippen molar-refractivity contribution in [2.45, 2.75) is 6.10 Å². The van der Waals surface area contributed by atoms with E-state index in [-0.39, 0.29) is 24.8 Å². The van der Waals surface area contributed by atoms with Crippen molar-refractivity contribution in [3.8, 4) is 5.75 Å². The van der Waals surface area contributed by atoms with Gasteiger partial charge in [0.15, 0.2) is 11.6 Å². The van der Waals surface area contributed by atoms with Gasteiger partial charge in [-0.3, -0.25) is 4.79 Å². The number of ether oxygens (including phenoxy) is 1. The van der Waals surface area contributed by atoms with Gasteiger partial charge < -0.3 is 20.1 Å². The maximum atomic E-state index is 13.1. The van der Waals surface area contributed by atoms with Crippen LogP contribution in [0.1, 0.15) is 10.4 Å². The van der Waals surface area contributed by atoms with Crippen molar-refractivity contribution in [3.63, 3.8) is 0 Å². The number of hydrogen-bond acceptors (Lipinski definition) is 3. The van der Waals surface area contributed by atoms with Gasteiger partial charge in [0.25, 0.3) is 5.91 Å². The topological polar surface area (TPSA) is 74.3 Å². The average Bonchev–Trinajstić information content (AvgIpc) is 3.09. The zero-order valence-corrected chi connectivity index (χ0v) is 13.1. The SMILES string of the molecule is O=C(NCC(O)COc1ccc(F)c(F)c1)c1cccc2[nH]ccc12. The fourth-order valence-electron chi connectivity index (χ4n) is 2.41. The van der Waals surface area contributed by atoms with E-state index in [2.05, 4.69) is 10.3 Å². The lowest BCUT2D eigenvalue weighted by molar-refractivity contribution is 0.0844. The Hall–Kier alpha value is -2.93. The number of carbonyl (C=O) groups is 1. The highest BCUT2D eigenvalue weighted by molar-refractivity contribution is 6.06. The fourth-order valence-corrected chi connectivity index (χ4v) is 2.41. The van der Waals surface area contributed by atoms with Gasteiger partial charge in [-0.1, -0.05) is 6.07 Å². The molecule has 25 heavy (non-hydrogen) atoms. The number of rotatable bonds is 6. The van der Waals surface area contributed by atoms with Crippen LogP contribution >= 0.6 is 0 Å². The molecule has 3 rings (SSSR count). The van der Waals surface area contributed by atoms with E-state index in [4.69, 9.17) is 4.74 Å². The highest BCUT2D eigenvalue weighted by Gasteiger charge is 2.13. The Bertz CT molecular complexity index is 895. The Kier molecular flexibility index (Phi) is 4.95. The van der Waals surface area contributed by atoms with E-state index in [1.165, 1.54) is 6.07 Å². The number of carbonyl (C=O) groups excluding carboxylic acids is 1. The summed E-state index contributed by atoms with van der Waals surface area (Å²) >= 11 is 0. The number of aromatic amines is 1. The predicted octanol–water partition coefficient (Wildman–Crippen LogP) is 2.62. The molecule has 0 bridgehead atoms. The van der Waals surface area contributed by atoms with Gasteiger partial charge in [-0.25, -0.2) is 8.78 Å². The molecule has 1 amide bonds. The maximum absolute atomic E-state index is 13.1. The molecule has 3 N–H and O–H groups in total. The van der Waals surface area contributed by atoms with E-state index in [0.29, 0.717) is 5.56 Å². The number of halogens is 2. The number of amides is 1. The summed E-state index contributed by atoms with van der Waals surface area (Å²) in [5.41, 5.74) is 1.34. The van der Waals surface area contributed by atoms with E-state index in [0.717, 1.165) is 23.0 Å². The van der Waals surface area contributed by atoms with Crippen LogP contribution in [-0.4, -0.2) is 35.3 Å². The largest absolute Gasteiger partial charge is 0.491 e. The third-order valence-corrected chi connectivity index (χ3v) is 3.67. The molecule has 0 spiro atoms. The minimum atomic E-state index is -1.03. The molecule has 0 aliphatic heterocycles. The lowest BCUT2D eigenvalue weighted by Crippen LogP contribution is -2.35. The average molecular weight is 346 g/mol. The van der Waals surface area contributed by atoms with Crippen LogP contribution in [0.4, 0.5) is 8.78 Å². The second-order valence-corrected chi connectivity index (χ2v) is 5.50. The Morgan fingerprint density at radius 3 is 2.84 bits per heavy atom. The molecule has 3 aromatic rings. The summed E-state index contributed by atoms with van der Waals surface area (Å²) in [6.45, 7) is -0.205. The molecule has 2 aromatic carbocycles. The van der Waals surface area contributed by atoms with Crippen molar-refractivity contribution < 1.29 is 23.4 Å². The molecule has 0 aliphatic carbocycles. The lowest BCUT2D eigenvalue weighted by Gasteiger charge is -2.14. The first-order chi connectivity index (χ1) is 12.0. The lowest BCUT2D eigenvalue weighted by atomic mass is 10.1. The molecule has 0 fully saturated rings. The molecular weight excluding hydrogens is 330 g/mol. The van der Waals surface area contributed by atoms with E-state index in [1.807, 2.05) is 6.07 Å². The number of hydrogen-bond donors (Lipinski definition) is 3. The van der Waals surface area contributed by atoms with Gasteiger partial charge in [0.2, 0.25) is 0 Å². The maximum Gasteiger partial charge on any atom is 0.252 e. The Morgan fingerprint density at radius 2 is 2.04 bits per heavy atom. The first kappa shape index (κ1) is 16.9. The van der Waals surface area contributed by atoms with Gasteiger partial charge in [0.05, 0.1) is 0 Å². The van der Waals surface area contributed by atoms with Crippen LogP contribution in [0.2, 0.25) is 0 Å². The van der Waals surface area contributed by atoms with Gasteiger partial charge in [-0.2, -0.15) is 0 Å². The third-order valence-electron chi connectivity index (χ3n) is 3.67. The van der Waals surface area contributed by atoms with Crippen LogP contribution in [0.15, 0.2) is 48.7 Å². The van der Waals surface area contributed by atoms with Crippen molar-refractivity contribution >= 4 is 16.8 Å². The number of aromatic nitrogens is 1. The second kappa shape index (κ2) is 7.31. The molecule has 5 nitrogen and oxygen atoms in total. The fraction of sp³-hybridized carbons (Fsp3) is 0.167. The van der Waals surface area contributed by atoms with Crippen LogP contribution in [0, 0.1) is 11.6 Å². The van der Waals surface area contributed by atoms with Crippen molar-refractivity contribution in [3.05, 3.63) is 65.9 Å². The predicted molar refractivity (Wildman–Crippen MR) is 88.5 cm³/mol. The number of aliphatic hydroxyl groups excluding tert-OH is 1. The molecule has 1 unspecified atom stereocenters. The molecule has 130 valence electrons. The molecule has 0 saturated carbocycles. The van der Waals surface area contributed by atoms with Gasteiger partial charge in [0, 0.05) is 35.3 Å². The number of benzene rings is 2. The molecule has 7 heteroatoms. The standard InChI is InChI=1S/C18H16F2N2O3/c19-15-5-4-12(8-16(15)20)25-10-11(23)9-22-18(24)14-2-1-3-17-13(14)6-7-21-17/h1-8,11,21,23H,9-10H2,(H,22,24). The second-order valence-electron chi connectivity index (χ2n) is 5.50. The number of fused-ring (bicyclic) bond motifs is 1. The van der Waals surface area contributed by atoms with Crippen molar-refractivity contribution in [1.82, 2.24) is 10.3 Å². The molecule has 0 saturated heterocycles. The Morgan fingerprint density at radius 1 is 1.20 bits per heavy atom. The van der Waals surface area contributed by atoms with Crippen molar-refractivity contribution in [2.24, 2.45) is 0 Å². The van der Waals surface area contributed by atoms with E-state index in [9.17, 15) is 18.7 Å². The van der Waals surface area contributed by atoms with Crippen LogP contribution in [0.5, 0.6) is 5.75 Å². The van der Waals surface area contributed by atoms with E-state index < -0.39 is 17.7 Å². The van der Waals surface area contributed by atoms with Gasteiger partial charge in [-0.15, -0.1) is 0 Å². The number of aliphatic hydroxyl groups is 1. The molecule has 1 atom stereocenters. The minimum Gasteiger partial charge on any atom is -0.491 e. The number of nitrogens with one attached hydrogen (secondary N) is 2. The van der Waals surface area contributed by atoms with Gasteiger partial charge in [-0.05, 0) is 30.3 Å². The normalized spacial score (nSPS) is 12.1. The van der Waals surface area contributed by atoms with Crippen LogP contribution in [-0.2, 0) is 0 Å². The highest BCUT2D eigenvalue weighted by atomic mass is 19.2. The smallest absolute Gasteiger partial charge is 0.252 e. The Balaban J connectivity index is 1.53. The summed E-state index contributed by atoms with van der Waals surface area (Å²) in [5, 5.41) is 13.3. The van der Waals surface area contributed by atoms with E-state index in [1.54, 1.807) is 24.4 Å². The molecule has 1 heterocycles. The van der Waals surface area contributed by atoms with Gasteiger partial charge >= 0.3 is 0 Å². The first-order valence-electron chi connectivity index (χ1n) is 7.65. The zero-order valence-electron chi connectivity index (χ0n) is 13.1. The Labute approximate surface area is 142 Å². The van der Waals surface area contributed by atoms with Gasteiger partial charge in [0.1, 0.15) is 18.5 Å². The summed E-state index contributed by atoms with van der Waals surface area (Å²) in [6, 6.07) is 10.2. The molecule has 0 aliphatic rings.